The third-order valence-electron chi connectivity index (χ3n) is 3.40. The minimum Gasteiger partial charge on any atom is -0.372 e. The van der Waals surface area contributed by atoms with Gasteiger partial charge in [-0.2, -0.15) is 0 Å². The van der Waals surface area contributed by atoms with Crippen LogP contribution in [0.25, 0.3) is 0 Å². The Morgan fingerprint density at radius 1 is 1.24 bits per heavy atom. The number of nitrogens with one attached hydrogen (secondary N) is 1. The first-order valence-electron chi connectivity index (χ1n) is 6.84. The van der Waals surface area contributed by atoms with Gasteiger partial charge >= 0.3 is 0 Å². The summed E-state index contributed by atoms with van der Waals surface area (Å²) in [5.74, 6) is 0. The molecule has 0 aliphatic heterocycles. The van der Waals surface area contributed by atoms with Crippen molar-refractivity contribution in [2.45, 2.75) is 39.2 Å². The summed E-state index contributed by atoms with van der Waals surface area (Å²) in [6, 6.07) is 9.69. The van der Waals surface area contributed by atoms with Gasteiger partial charge in [0, 0.05) is 24.8 Å². The van der Waals surface area contributed by atoms with Crippen molar-refractivity contribution in [2.75, 3.05) is 24.5 Å². The first-order chi connectivity index (χ1) is 8.29. The molecule has 0 heterocycles. The third kappa shape index (κ3) is 4.04. The molecular formula is C15H24N2. The lowest BCUT2D eigenvalue weighted by molar-refractivity contribution is 0.633. The molecule has 0 spiro atoms. The molecule has 17 heavy (non-hydrogen) atoms. The highest BCUT2D eigenvalue weighted by Gasteiger charge is 2.19. The van der Waals surface area contributed by atoms with Crippen molar-refractivity contribution in [3.8, 4) is 0 Å². The van der Waals surface area contributed by atoms with E-state index in [1.807, 2.05) is 0 Å². The highest BCUT2D eigenvalue weighted by molar-refractivity contribution is 5.47. The summed E-state index contributed by atoms with van der Waals surface area (Å²) in [6.07, 6.45) is 4.00. The number of anilines is 1. The van der Waals surface area contributed by atoms with Crippen LogP contribution in [0.2, 0.25) is 0 Å². The Morgan fingerprint density at radius 3 is 2.53 bits per heavy atom. The monoisotopic (exact) mass is 232 g/mol. The maximum Gasteiger partial charge on any atom is 0.0366 e. The molecule has 0 bridgehead atoms. The zero-order chi connectivity index (χ0) is 12.1. The summed E-state index contributed by atoms with van der Waals surface area (Å²) in [4.78, 5) is 2.45. The molecule has 2 nitrogen and oxygen atoms in total. The Balaban J connectivity index is 1.76. The molecule has 0 unspecified atom stereocenters. The van der Waals surface area contributed by atoms with Crippen molar-refractivity contribution in [2.24, 2.45) is 0 Å². The molecule has 94 valence electrons. The van der Waals surface area contributed by atoms with Gasteiger partial charge in [0.15, 0.2) is 0 Å². The molecule has 1 aromatic carbocycles. The van der Waals surface area contributed by atoms with Gasteiger partial charge in [-0.1, -0.05) is 17.7 Å². The van der Waals surface area contributed by atoms with Crippen molar-refractivity contribution in [1.82, 2.24) is 5.32 Å². The molecule has 0 saturated heterocycles. The predicted molar refractivity (Wildman–Crippen MR) is 74.7 cm³/mol. The first kappa shape index (κ1) is 12.4. The van der Waals surface area contributed by atoms with E-state index in [-0.39, 0.29) is 0 Å². The fourth-order valence-electron chi connectivity index (χ4n) is 2.09. The summed E-state index contributed by atoms with van der Waals surface area (Å²) in [5, 5.41) is 3.57. The van der Waals surface area contributed by atoms with Gasteiger partial charge in [0.2, 0.25) is 0 Å². The third-order valence-corrected chi connectivity index (χ3v) is 3.40. The van der Waals surface area contributed by atoms with Crippen LogP contribution in [0, 0.1) is 6.92 Å². The molecule has 1 saturated carbocycles. The van der Waals surface area contributed by atoms with Gasteiger partial charge in [-0.15, -0.1) is 0 Å². The van der Waals surface area contributed by atoms with E-state index in [0.717, 1.165) is 25.7 Å². The lowest BCUT2D eigenvalue weighted by Crippen LogP contribution is -2.27. The molecule has 1 aliphatic rings. The number of rotatable bonds is 7. The van der Waals surface area contributed by atoms with Crippen molar-refractivity contribution in [1.29, 1.82) is 0 Å². The minimum atomic E-state index is 0.837. The van der Waals surface area contributed by atoms with Crippen LogP contribution in [0.5, 0.6) is 0 Å². The van der Waals surface area contributed by atoms with Crippen LogP contribution in [-0.4, -0.2) is 25.7 Å². The Kier molecular flexibility index (Phi) is 4.43. The highest BCUT2D eigenvalue weighted by atomic mass is 15.1. The van der Waals surface area contributed by atoms with Gasteiger partial charge in [0.25, 0.3) is 0 Å². The van der Waals surface area contributed by atoms with Crippen LogP contribution in [-0.2, 0) is 0 Å². The normalized spacial score (nSPS) is 14.9. The van der Waals surface area contributed by atoms with Gasteiger partial charge in [-0.3, -0.25) is 0 Å². The van der Waals surface area contributed by atoms with Crippen molar-refractivity contribution >= 4 is 5.69 Å². The van der Waals surface area contributed by atoms with Gasteiger partial charge in [0.05, 0.1) is 0 Å². The summed E-state index contributed by atoms with van der Waals surface area (Å²) >= 11 is 0. The van der Waals surface area contributed by atoms with E-state index in [1.165, 1.54) is 30.5 Å². The number of hydrogen-bond donors (Lipinski definition) is 1. The highest BCUT2D eigenvalue weighted by Crippen LogP contribution is 2.18. The van der Waals surface area contributed by atoms with Gasteiger partial charge < -0.3 is 10.2 Å². The summed E-state index contributed by atoms with van der Waals surface area (Å²) in [7, 11) is 0. The van der Waals surface area contributed by atoms with Crippen LogP contribution in [0.4, 0.5) is 5.69 Å². The number of nitrogens with zero attached hydrogens (tertiary/aromatic N) is 1. The molecular weight excluding hydrogens is 208 g/mol. The predicted octanol–water partition coefficient (Wildman–Crippen LogP) is 2.96. The van der Waals surface area contributed by atoms with Crippen LogP contribution >= 0.6 is 0 Å². The van der Waals surface area contributed by atoms with Crippen LogP contribution in [0.1, 0.15) is 31.7 Å². The van der Waals surface area contributed by atoms with Gasteiger partial charge in [-0.05, 0) is 51.8 Å². The number of aryl methyl sites for hydroxylation is 1. The van der Waals surface area contributed by atoms with E-state index in [0.29, 0.717) is 0 Å². The maximum absolute atomic E-state index is 3.57. The van der Waals surface area contributed by atoms with Crippen molar-refractivity contribution < 1.29 is 0 Å². The van der Waals surface area contributed by atoms with E-state index in [1.54, 1.807) is 0 Å². The van der Waals surface area contributed by atoms with E-state index < -0.39 is 0 Å². The lowest BCUT2D eigenvalue weighted by atomic mass is 10.2. The molecule has 1 N–H and O–H groups in total. The Morgan fingerprint density at radius 2 is 1.94 bits per heavy atom. The fourth-order valence-corrected chi connectivity index (χ4v) is 2.09. The first-order valence-corrected chi connectivity index (χ1v) is 6.84. The summed E-state index contributed by atoms with van der Waals surface area (Å²) in [5.41, 5.74) is 2.68. The molecule has 1 fully saturated rings. The molecule has 2 rings (SSSR count). The van der Waals surface area contributed by atoms with Crippen molar-refractivity contribution in [3.05, 3.63) is 29.8 Å². The van der Waals surface area contributed by atoms with Gasteiger partial charge in [-0.25, -0.2) is 0 Å². The Hall–Kier alpha value is -1.02. The second-order valence-electron chi connectivity index (χ2n) is 5.00. The second kappa shape index (κ2) is 6.06. The zero-order valence-corrected chi connectivity index (χ0v) is 11.1. The van der Waals surface area contributed by atoms with Crippen LogP contribution < -0.4 is 10.2 Å². The van der Waals surface area contributed by atoms with E-state index >= 15 is 0 Å². The number of benzene rings is 1. The molecule has 0 aromatic heterocycles. The van der Waals surface area contributed by atoms with Crippen LogP contribution in [0.3, 0.4) is 0 Å². The number of hydrogen-bond acceptors (Lipinski definition) is 2. The lowest BCUT2D eigenvalue weighted by Gasteiger charge is -2.23. The molecule has 1 aromatic rings. The summed E-state index contributed by atoms with van der Waals surface area (Å²) < 4.78 is 0. The average molecular weight is 232 g/mol. The molecule has 0 atom stereocenters. The molecule has 0 radical (unpaired) electrons. The largest absolute Gasteiger partial charge is 0.372 e. The molecule has 0 amide bonds. The smallest absolute Gasteiger partial charge is 0.0366 e. The molecule has 2 heteroatoms. The Labute approximate surface area is 105 Å². The maximum atomic E-state index is 3.57. The Bertz CT molecular complexity index is 327. The topological polar surface area (TPSA) is 15.3 Å². The van der Waals surface area contributed by atoms with Crippen LogP contribution in [0.15, 0.2) is 24.3 Å². The van der Waals surface area contributed by atoms with Gasteiger partial charge in [0.1, 0.15) is 0 Å². The molecule has 1 aliphatic carbocycles. The quantitative estimate of drug-likeness (QED) is 0.727. The average Bonchev–Trinajstić information content (AvgIpc) is 3.15. The van der Waals surface area contributed by atoms with E-state index in [2.05, 4.69) is 48.3 Å². The minimum absolute atomic E-state index is 0.837. The van der Waals surface area contributed by atoms with E-state index in [9.17, 15) is 0 Å². The summed E-state index contributed by atoms with van der Waals surface area (Å²) in [6.45, 7) is 7.77. The van der Waals surface area contributed by atoms with E-state index in [4.69, 9.17) is 0 Å². The fraction of sp³-hybridized carbons (Fsp3) is 0.600. The SMILES string of the molecule is CCN(CCCNC1CC1)c1ccc(C)cc1. The van der Waals surface area contributed by atoms with Crippen molar-refractivity contribution in [3.63, 3.8) is 0 Å². The standard InChI is InChI=1S/C15H24N2/c1-3-17(12-4-11-16-14-7-8-14)15-9-5-13(2)6-10-15/h5-6,9-10,14,16H,3-4,7-8,11-12H2,1-2H3. The second-order valence-corrected chi connectivity index (χ2v) is 5.00. The zero-order valence-electron chi connectivity index (χ0n) is 11.1.